The molecule has 3 N–H and O–H groups in total. The van der Waals surface area contributed by atoms with Gasteiger partial charge in [0.25, 0.3) is 5.56 Å². The van der Waals surface area contributed by atoms with Gasteiger partial charge in [-0.2, -0.15) is 5.10 Å². The smallest absolute Gasteiger partial charge is 0.259 e. The first-order chi connectivity index (χ1) is 13.0. The first-order valence-corrected chi connectivity index (χ1v) is 10.1. The lowest BCUT2D eigenvalue weighted by atomic mass is 10.2. The van der Waals surface area contributed by atoms with Gasteiger partial charge in [0.1, 0.15) is 10.7 Å². The van der Waals surface area contributed by atoms with Gasteiger partial charge >= 0.3 is 0 Å². The third-order valence-corrected chi connectivity index (χ3v) is 6.31. The number of H-pyrrole nitrogens is 2. The summed E-state index contributed by atoms with van der Waals surface area (Å²) < 4.78 is 0. The summed E-state index contributed by atoms with van der Waals surface area (Å²) in [6.07, 6.45) is 0.564. The van der Waals surface area contributed by atoms with Crippen molar-refractivity contribution >= 4 is 44.6 Å². The first-order valence-electron chi connectivity index (χ1n) is 8.39. The van der Waals surface area contributed by atoms with Gasteiger partial charge in [0.2, 0.25) is 5.91 Å². The monoisotopic (exact) mass is 399 g/mol. The van der Waals surface area contributed by atoms with Crippen LogP contribution in [0, 0.1) is 13.8 Å². The second-order valence-corrected chi connectivity index (χ2v) is 8.32. The van der Waals surface area contributed by atoms with E-state index in [0.717, 1.165) is 25.8 Å². The number of nitrogens with one attached hydrogen (secondary N) is 3. The minimum Gasteiger partial charge on any atom is -0.310 e. The van der Waals surface area contributed by atoms with Crippen molar-refractivity contribution in [3.63, 3.8) is 0 Å². The SMILES string of the molecule is Cc1sc2nc(CCC(=O)Nc3cc(-c4cccs4)[nH]n3)[nH]c(=O)c2c1C. The van der Waals surface area contributed by atoms with Crippen molar-refractivity contribution in [1.29, 1.82) is 0 Å². The highest BCUT2D eigenvalue weighted by Crippen LogP contribution is 2.26. The molecule has 0 saturated heterocycles. The number of fused-ring (bicyclic) bond motifs is 1. The molecule has 9 heteroatoms. The maximum atomic E-state index is 12.3. The van der Waals surface area contributed by atoms with Crippen molar-refractivity contribution in [2.45, 2.75) is 26.7 Å². The molecule has 0 spiro atoms. The highest BCUT2D eigenvalue weighted by molar-refractivity contribution is 7.18. The van der Waals surface area contributed by atoms with Crippen LogP contribution in [-0.2, 0) is 11.2 Å². The van der Waals surface area contributed by atoms with Gasteiger partial charge in [-0.05, 0) is 30.9 Å². The molecule has 4 aromatic heterocycles. The van der Waals surface area contributed by atoms with Crippen molar-refractivity contribution in [2.24, 2.45) is 0 Å². The van der Waals surface area contributed by atoms with E-state index in [2.05, 4.69) is 25.5 Å². The van der Waals surface area contributed by atoms with Crippen LogP contribution in [0.5, 0.6) is 0 Å². The Bertz CT molecular complexity index is 1170. The van der Waals surface area contributed by atoms with E-state index < -0.39 is 0 Å². The number of hydrogen-bond acceptors (Lipinski definition) is 6. The Morgan fingerprint density at radius 3 is 2.96 bits per heavy atom. The van der Waals surface area contributed by atoms with Crippen LogP contribution in [0.1, 0.15) is 22.7 Å². The molecule has 0 aliphatic carbocycles. The molecule has 0 atom stereocenters. The third-order valence-electron chi connectivity index (χ3n) is 4.31. The molecule has 138 valence electrons. The average Bonchev–Trinajstić information content (AvgIpc) is 3.35. The Morgan fingerprint density at radius 1 is 1.33 bits per heavy atom. The van der Waals surface area contributed by atoms with Crippen LogP contribution in [0.15, 0.2) is 28.4 Å². The molecule has 0 aliphatic rings. The highest BCUT2D eigenvalue weighted by atomic mass is 32.1. The average molecular weight is 400 g/mol. The number of thiophene rings is 2. The summed E-state index contributed by atoms with van der Waals surface area (Å²) in [7, 11) is 0. The van der Waals surface area contributed by atoms with E-state index >= 15 is 0 Å². The quantitative estimate of drug-likeness (QED) is 0.477. The van der Waals surface area contributed by atoms with Crippen molar-refractivity contribution in [2.75, 3.05) is 5.32 Å². The molecule has 1 amide bonds. The summed E-state index contributed by atoms with van der Waals surface area (Å²) >= 11 is 3.10. The molecule has 0 fully saturated rings. The summed E-state index contributed by atoms with van der Waals surface area (Å²) in [6, 6.07) is 5.74. The van der Waals surface area contributed by atoms with Gasteiger partial charge in [0.05, 0.1) is 16.0 Å². The fourth-order valence-electron chi connectivity index (χ4n) is 2.80. The molecule has 27 heavy (non-hydrogen) atoms. The summed E-state index contributed by atoms with van der Waals surface area (Å²) in [4.78, 5) is 34.6. The van der Waals surface area contributed by atoms with Crippen LogP contribution >= 0.6 is 22.7 Å². The fraction of sp³-hybridized carbons (Fsp3) is 0.222. The minimum absolute atomic E-state index is 0.148. The van der Waals surface area contributed by atoms with E-state index in [9.17, 15) is 9.59 Å². The summed E-state index contributed by atoms with van der Waals surface area (Å²) in [5.41, 5.74) is 1.68. The van der Waals surface area contributed by atoms with Gasteiger partial charge in [-0.25, -0.2) is 4.98 Å². The van der Waals surface area contributed by atoms with Crippen LogP contribution in [0.3, 0.4) is 0 Å². The molecule has 7 nitrogen and oxygen atoms in total. The number of carbonyl (C=O) groups excluding carboxylic acids is 1. The zero-order chi connectivity index (χ0) is 19.0. The fourth-order valence-corrected chi connectivity index (χ4v) is 4.54. The van der Waals surface area contributed by atoms with E-state index in [-0.39, 0.29) is 17.9 Å². The lowest BCUT2D eigenvalue weighted by Crippen LogP contribution is -2.16. The molecule has 4 aromatic rings. The first kappa shape index (κ1) is 17.6. The van der Waals surface area contributed by atoms with E-state index in [1.165, 1.54) is 11.3 Å². The molecule has 0 bridgehead atoms. The molecule has 0 saturated carbocycles. The molecule has 4 rings (SSSR count). The number of amides is 1. The Hall–Kier alpha value is -2.78. The van der Waals surface area contributed by atoms with E-state index in [1.54, 1.807) is 17.4 Å². The number of hydrogen-bond donors (Lipinski definition) is 3. The molecule has 0 unspecified atom stereocenters. The maximum Gasteiger partial charge on any atom is 0.259 e. The molecule has 4 heterocycles. The predicted octanol–water partition coefficient (Wildman–Crippen LogP) is 3.62. The molecule has 0 aliphatic heterocycles. The summed E-state index contributed by atoms with van der Waals surface area (Å²) in [5.74, 6) is 0.815. The number of aromatic amines is 2. The van der Waals surface area contributed by atoms with Crippen molar-refractivity contribution < 1.29 is 4.79 Å². The van der Waals surface area contributed by atoms with Crippen LogP contribution in [0.2, 0.25) is 0 Å². The number of carbonyl (C=O) groups is 1. The zero-order valence-corrected chi connectivity index (χ0v) is 16.4. The van der Waals surface area contributed by atoms with E-state index in [0.29, 0.717) is 23.4 Å². The number of aryl methyl sites for hydroxylation is 3. The highest BCUT2D eigenvalue weighted by Gasteiger charge is 2.13. The second kappa shape index (κ2) is 7.09. The normalized spacial score (nSPS) is 11.2. The maximum absolute atomic E-state index is 12.3. The number of aromatic nitrogens is 4. The Balaban J connectivity index is 1.42. The van der Waals surface area contributed by atoms with Gasteiger partial charge in [0.15, 0.2) is 5.82 Å². The Labute approximate surface area is 162 Å². The predicted molar refractivity (Wildman–Crippen MR) is 109 cm³/mol. The topological polar surface area (TPSA) is 104 Å². The molecule has 0 aromatic carbocycles. The minimum atomic E-state index is -0.180. The van der Waals surface area contributed by atoms with E-state index in [4.69, 9.17) is 0 Å². The molecular weight excluding hydrogens is 382 g/mol. The lowest BCUT2D eigenvalue weighted by Gasteiger charge is -2.02. The third kappa shape index (κ3) is 3.56. The number of rotatable bonds is 5. The largest absolute Gasteiger partial charge is 0.310 e. The van der Waals surface area contributed by atoms with Crippen molar-refractivity contribution in [3.05, 3.63) is 50.2 Å². The van der Waals surface area contributed by atoms with Crippen LogP contribution < -0.4 is 10.9 Å². The van der Waals surface area contributed by atoms with Crippen LogP contribution in [0.25, 0.3) is 20.8 Å². The van der Waals surface area contributed by atoms with Gasteiger partial charge in [-0.15, -0.1) is 22.7 Å². The summed E-state index contributed by atoms with van der Waals surface area (Å²) in [5, 5.41) is 12.4. The van der Waals surface area contributed by atoms with Gasteiger partial charge in [-0.1, -0.05) is 6.07 Å². The Kier molecular flexibility index (Phi) is 4.63. The van der Waals surface area contributed by atoms with Gasteiger partial charge < -0.3 is 10.3 Å². The Morgan fingerprint density at radius 2 is 2.19 bits per heavy atom. The van der Waals surface area contributed by atoms with Gasteiger partial charge in [-0.3, -0.25) is 14.7 Å². The summed E-state index contributed by atoms with van der Waals surface area (Å²) in [6.45, 7) is 3.90. The van der Waals surface area contributed by atoms with Gasteiger partial charge in [0, 0.05) is 23.8 Å². The zero-order valence-electron chi connectivity index (χ0n) is 14.8. The molecular formula is C18H17N5O2S2. The van der Waals surface area contributed by atoms with Crippen molar-refractivity contribution in [1.82, 2.24) is 20.2 Å². The van der Waals surface area contributed by atoms with Crippen LogP contribution in [0.4, 0.5) is 5.82 Å². The molecule has 0 radical (unpaired) electrons. The number of nitrogens with zero attached hydrogens (tertiary/aromatic N) is 2. The van der Waals surface area contributed by atoms with E-state index in [1.807, 2.05) is 31.4 Å². The standard InChI is InChI=1S/C18H17N5O2S2/c1-9-10(2)27-18-16(9)17(25)20-13(21-18)5-6-15(24)19-14-8-11(22-23-14)12-4-3-7-26-12/h3-4,7-8H,5-6H2,1-2H3,(H,20,21,25)(H2,19,22,23,24). The second-order valence-electron chi connectivity index (χ2n) is 6.17. The number of anilines is 1. The lowest BCUT2D eigenvalue weighted by molar-refractivity contribution is -0.116. The van der Waals surface area contributed by atoms with Crippen LogP contribution in [-0.4, -0.2) is 26.1 Å². The van der Waals surface area contributed by atoms with Crippen molar-refractivity contribution in [3.8, 4) is 10.6 Å².